The maximum Gasteiger partial charge on any atom is 0.158 e. The monoisotopic (exact) mass is 184 g/mol. The molecule has 0 saturated carbocycles. The molecule has 1 nitrogen and oxygen atoms in total. The molecule has 0 radical (unpaired) electrons. The lowest BCUT2D eigenvalue weighted by Gasteiger charge is -2.20. The minimum atomic E-state index is 0.256. The van der Waals surface area contributed by atoms with Crippen molar-refractivity contribution in [2.24, 2.45) is 5.92 Å². The number of thioether (sulfide) groups is 1. The number of carbonyl (C=O) groups excluding carboxylic acids is 1. The van der Waals surface area contributed by atoms with E-state index in [1.54, 1.807) is 6.92 Å². The fourth-order valence-corrected chi connectivity index (χ4v) is 2.59. The summed E-state index contributed by atoms with van der Waals surface area (Å²) in [6.07, 6.45) is 3.16. The SMILES string of the molecule is C=C(C)C(=O)CC1CCSCC1. The molecule has 1 rings (SSSR count). The van der Waals surface area contributed by atoms with Gasteiger partial charge >= 0.3 is 0 Å². The standard InChI is InChI=1S/C10H16OS/c1-8(2)10(11)7-9-3-5-12-6-4-9/h9H,1,3-7H2,2H3. The van der Waals surface area contributed by atoms with Gasteiger partial charge in [-0.15, -0.1) is 0 Å². The predicted octanol–water partition coefficient (Wildman–Crippen LogP) is 2.66. The van der Waals surface area contributed by atoms with Crippen molar-refractivity contribution in [2.75, 3.05) is 11.5 Å². The number of ketones is 1. The Morgan fingerprint density at radius 3 is 2.58 bits per heavy atom. The van der Waals surface area contributed by atoms with E-state index in [2.05, 4.69) is 6.58 Å². The minimum absolute atomic E-state index is 0.256. The van der Waals surface area contributed by atoms with E-state index in [1.807, 2.05) is 11.8 Å². The Hall–Kier alpha value is -0.240. The third kappa shape index (κ3) is 3.02. The molecule has 0 spiro atoms. The molecule has 0 bridgehead atoms. The topological polar surface area (TPSA) is 17.1 Å². The second-order valence-corrected chi connectivity index (χ2v) is 4.69. The molecule has 0 unspecified atom stereocenters. The quantitative estimate of drug-likeness (QED) is 0.627. The molecule has 1 fully saturated rings. The number of Topliss-reactive ketones (excluding diaryl/α,β-unsaturated/α-hetero) is 1. The van der Waals surface area contributed by atoms with Gasteiger partial charge in [0, 0.05) is 6.42 Å². The van der Waals surface area contributed by atoms with Crippen LogP contribution in [0.3, 0.4) is 0 Å². The first-order chi connectivity index (χ1) is 5.70. The summed E-state index contributed by atoms with van der Waals surface area (Å²) in [6, 6.07) is 0. The molecule has 0 N–H and O–H groups in total. The summed E-state index contributed by atoms with van der Waals surface area (Å²) in [5, 5.41) is 0. The van der Waals surface area contributed by atoms with Crippen molar-refractivity contribution in [1.29, 1.82) is 0 Å². The minimum Gasteiger partial charge on any atom is -0.295 e. The summed E-state index contributed by atoms with van der Waals surface area (Å²) in [5.41, 5.74) is 0.716. The van der Waals surface area contributed by atoms with Crippen molar-refractivity contribution in [1.82, 2.24) is 0 Å². The van der Waals surface area contributed by atoms with Crippen LogP contribution in [0.4, 0.5) is 0 Å². The molecule has 0 aromatic rings. The van der Waals surface area contributed by atoms with Gasteiger partial charge in [-0.3, -0.25) is 4.79 Å². The van der Waals surface area contributed by atoms with Gasteiger partial charge in [0.25, 0.3) is 0 Å². The molecule has 0 amide bonds. The van der Waals surface area contributed by atoms with Crippen molar-refractivity contribution < 1.29 is 4.79 Å². The Bertz CT molecular complexity index is 180. The molecule has 1 saturated heterocycles. The molecular formula is C10H16OS. The van der Waals surface area contributed by atoms with Crippen LogP contribution >= 0.6 is 11.8 Å². The van der Waals surface area contributed by atoms with Crippen LogP contribution in [0.5, 0.6) is 0 Å². The van der Waals surface area contributed by atoms with E-state index in [4.69, 9.17) is 0 Å². The third-order valence-corrected chi connectivity index (χ3v) is 3.34. The van der Waals surface area contributed by atoms with E-state index in [0.717, 1.165) is 6.42 Å². The highest BCUT2D eigenvalue weighted by atomic mass is 32.2. The Balaban J connectivity index is 2.29. The zero-order valence-electron chi connectivity index (χ0n) is 7.64. The number of hydrogen-bond donors (Lipinski definition) is 0. The fourth-order valence-electron chi connectivity index (χ4n) is 1.39. The van der Waals surface area contributed by atoms with Crippen LogP contribution in [0.1, 0.15) is 26.2 Å². The fraction of sp³-hybridized carbons (Fsp3) is 0.700. The lowest BCUT2D eigenvalue weighted by molar-refractivity contribution is -0.116. The summed E-state index contributed by atoms with van der Waals surface area (Å²) in [5.74, 6) is 3.35. The van der Waals surface area contributed by atoms with Crippen LogP contribution in [0.2, 0.25) is 0 Å². The van der Waals surface area contributed by atoms with E-state index in [1.165, 1.54) is 24.3 Å². The van der Waals surface area contributed by atoms with Crippen molar-refractivity contribution in [2.45, 2.75) is 26.2 Å². The van der Waals surface area contributed by atoms with E-state index in [9.17, 15) is 4.79 Å². The number of rotatable bonds is 3. The highest BCUT2D eigenvalue weighted by molar-refractivity contribution is 7.99. The van der Waals surface area contributed by atoms with Crippen LogP contribution in [0.25, 0.3) is 0 Å². The zero-order valence-corrected chi connectivity index (χ0v) is 8.45. The van der Waals surface area contributed by atoms with Crippen LogP contribution in [0, 0.1) is 5.92 Å². The largest absolute Gasteiger partial charge is 0.295 e. The molecule has 0 atom stereocenters. The smallest absolute Gasteiger partial charge is 0.158 e. The van der Waals surface area contributed by atoms with Crippen LogP contribution in [-0.2, 0) is 4.79 Å². The van der Waals surface area contributed by atoms with E-state index in [-0.39, 0.29) is 5.78 Å². The first-order valence-corrected chi connectivity index (χ1v) is 5.62. The summed E-state index contributed by atoms with van der Waals surface area (Å²) >= 11 is 2.00. The highest BCUT2D eigenvalue weighted by Crippen LogP contribution is 2.25. The van der Waals surface area contributed by atoms with E-state index >= 15 is 0 Å². The van der Waals surface area contributed by atoms with Gasteiger partial charge in [-0.05, 0) is 42.8 Å². The Kier molecular flexibility index (Phi) is 3.86. The normalized spacial score (nSPS) is 19.1. The number of hydrogen-bond acceptors (Lipinski definition) is 2. The van der Waals surface area contributed by atoms with Gasteiger partial charge in [-0.1, -0.05) is 6.58 Å². The average molecular weight is 184 g/mol. The molecule has 0 aromatic carbocycles. The van der Waals surface area contributed by atoms with Gasteiger partial charge in [0.2, 0.25) is 0 Å². The molecule has 12 heavy (non-hydrogen) atoms. The van der Waals surface area contributed by atoms with Crippen LogP contribution < -0.4 is 0 Å². The van der Waals surface area contributed by atoms with Gasteiger partial charge in [0.05, 0.1) is 0 Å². The molecule has 2 heteroatoms. The number of allylic oxidation sites excluding steroid dienone is 1. The summed E-state index contributed by atoms with van der Waals surface area (Å²) in [7, 11) is 0. The predicted molar refractivity (Wildman–Crippen MR) is 54.5 cm³/mol. The molecule has 1 aliphatic rings. The van der Waals surface area contributed by atoms with Crippen molar-refractivity contribution in [3.8, 4) is 0 Å². The van der Waals surface area contributed by atoms with Gasteiger partial charge in [0.15, 0.2) is 5.78 Å². The Morgan fingerprint density at radius 1 is 1.50 bits per heavy atom. The van der Waals surface area contributed by atoms with Crippen molar-refractivity contribution in [3.63, 3.8) is 0 Å². The molecule has 1 aliphatic heterocycles. The molecule has 0 aromatic heterocycles. The molecule has 68 valence electrons. The second kappa shape index (κ2) is 4.70. The summed E-state index contributed by atoms with van der Waals surface area (Å²) < 4.78 is 0. The summed E-state index contributed by atoms with van der Waals surface area (Å²) in [4.78, 5) is 11.3. The van der Waals surface area contributed by atoms with Crippen LogP contribution in [-0.4, -0.2) is 17.3 Å². The van der Waals surface area contributed by atoms with Crippen LogP contribution in [0.15, 0.2) is 12.2 Å². The van der Waals surface area contributed by atoms with E-state index < -0.39 is 0 Å². The first kappa shape index (κ1) is 9.85. The second-order valence-electron chi connectivity index (χ2n) is 3.46. The molecule has 1 heterocycles. The Labute approximate surface area is 78.6 Å². The van der Waals surface area contributed by atoms with Gasteiger partial charge in [-0.2, -0.15) is 11.8 Å². The molecular weight excluding hydrogens is 168 g/mol. The summed E-state index contributed by atoms with van der Waals surface area (Å²) in [6.45, 7) is 5.47. The maximum atomic E-state index is 11.3. The maximum absolute atomic E-state index is 11.3. The Morgan fingerprint density at radius 2 is 2.08 bits per heavy atom. The van der Waals surface area contributed by atoms with Gasteiger partial charge in [-0.25, -0.2) is 0 Å². The lowest BCUT2D eigenvalue weighted by atomic mass is 9.94. The first-order valence-electron chi connectivity index (χ1n) is 4.46. The van der Waals surface area contributed by atoms with Gasteiger partial charge < -0.3 is 0 Å². The van der Waals surface area contributed by atoms with E-state index in [0.29, 0.717) is 11.5 Å². The van der Waals surface area contributed by atoms with Crippen molar-refractivity contribution >= 4 is 17.5 Å². The van der Waals surface area contributed by atoms with Crippen molar-refractivity contribution in [3.05, 3.63) is 12.2 Å². The lowest BCUT2D eigenvalue weighted by Crippen LogP contribution is -2.14. The third-order valence-electron chi connectivity index (χ3n) is 2.29. The highest BCUT2D eigenvalue weighted by Gasteiger charge is 2.17. The average Bonchev–Trinajstić information content (AvgIpc) is 2.06. The molecule has 0 aliphatic carbocycles. The van der Waals surface area contributed by atoms with Gasteiger partial charge in [0.1, 0.15) is 0 Å². The number of carbonyl (C=O) groups is 1. The zero-order chi connectivity index (χ0) is 8.97.